The molecular weight excluding hydrogens is 402 g/mol. The van der Waals surface area contributed by atoms with Crippen molar-refractivity contribution < 1.29 is 14.3 Å². The first-order chi connectivity index (χ1) is 15.6. The molecule has 0 spiro atoms. The van der Waals surface area contributed by atoms with Crippen LogP contribution in [0.5, 0.6) is 11.5 Å². The van der Waals surface area contributed by atoms with Crippen LogP contribution in [0.1, 0.15) is 22.8 Å². The summed E-state index contributed by atoms with van der Waals surface area (Å²) in [4.78, 5) is 24.5. The SMILES string of the molecule is CCN(Cc1ccc(OC)c(OC)c1)C(=O)c1cc(-c2cccnc2)nc2ccccc12. The molecule has 0 aliphatic heterocycles. The van der Waals surface area contributed by atoms with E-state index >= 15 is 0 Å². The number of nitrogens with zero attached hydrogens (tertiary/aromatic N) is 3. The number of carbonyl (C=O) groups is 1. The van der Waals surface area contributed by atoms with E-state index in [4.69, 9.17) is 14.5 Å². The normalized spacial score (nSPS) is 10.7. The molecule has 2 aromatic heterocycles. The summed E-state index contributed by atoms with van der Waals surface area (Å²) >= 11 is 0. The number of para-hydroxylation sites is 1. The molecule has 1 amide bonds. The lowest BCUT2D eigenvalue weighted by atomic mass is 10.0. The van der Waals surface area contributed by atoms with Gasteiger partial charge >= 0.3 is 0 Å². The van der Waals surface area contributed by atoms with Crippen molar-refractivity contribution in [2.75, 3.05) is 20.8 Å². The largest absolute Gasteiger partial charge is 0.493 e. The van der Waals surface area contributed by atoms with Crippen molar-refractivity contribution in [1.29, 1.82) is 0 Å². The van der Waals surface area contributed by atoms with E-state index in [-0.39, 0.29) is 5.91 Å². The molecule has 4 aromatic rings. The minimum absolute atomic E-state index is 0.0500. The second-order valence-corrected chi connectivity index (χ2v) is 7.32. The minimum Gasteiger partial charge on any atom is -0.493 e. The van der Waals surface area contributed by atoms with Gasteiger partial charge < -0.3 is 14.4 Å². The summed E-state index contributed by atoms with van der Waals surface area (Å²) in [6.07, 6.45) is 3.48. The fourth-order valence-corrected chi connectivity index (χ4v) is 3.71. The van der Waals surface area contributed by atoms with Gasteiger partial charge in [-0.3, -0.25) is 9.78 Å². The molecule has 0 unspecified atom stereocenters. The van der Waals surface area contributed by atoms with Gasteiger partial charge in [-0.1, -0.05) is 24.3 Å². The van der Waals surface area contributed by atoms with Crippen molar-refractivity contribution in [2.45, 2.75) is 13.5 Å². The highest BCUT2D eigenvalue weighted by Gasteiger charge is 2.20. The van der Waals surface area contributed by atoms with Crippen molar-refractivity contribution >= 4 is 16.8 Å². The van der Waals surface area contributed by atoms with Crippen molar-refractivity contribution in [3.05, 3.63) is 84.2 Å². The first-order valence-electron chi connectivity index (χ1n) is 10.4. The zero-order chi connectivity index (χ0) is 22.5. The molecule has 0 aliphatic rings. The molecule has 0 radical (unpaired) electrons. The number of aromatic nitrogens is 2. The second-order valence-electron chi connectivity index (χ2n) is 7.32. The number of methoxy groups -OCH3 is 2. The van der Waals surface area contributed by atoms with Crippen LogP contribution in [0, 0.1) is 0 Å². The van der Waals surface area contributed by atoms with Crippen LogP contribution in [-0.4, -0.2) is 41.5 Å². The summed E-state index contributed by atoms with van der Waals surface area (Å²) in [6.45, 7) is 2.99. The predicted molar refractivity (Wildman–Crippen MR) is 125 cm³/mol. The predicted octanol–water partition coefficient (Wildman–Crippen LogP) is 4.98. The Morgan fingerprint density at radius 3 is 2.50 bits per heavy atom. The molecule has 32 heavy (non-hydrogen) atoms. The highest BCUT2D eigenvalue weighted by Crippen LogP contribution is 2.29. The molecule has 2 aromatic carbocycles. The van der Waals surface area contributed by atoms with Gasteiger partial charge in [0.25, 0.3) is 5.91 Å². The maximum atomic E-state index is 13.7. The molecule has 4 rings (SSSR count). The molecule has 2 heterocycles. The first kappa shape index (κ1) is 21.3. The Morgan fingerprint density at radius 1 is 0.969 bits per heavy atom. The molecule has 6 heteroatoms. The third-order valence-corrected chi connectivity index (χ3v) is 5.39. The van der Waals surface area contributed by atoms with Crippen LogP contribution in [0.4, 0.5) is 0 Å². The van der Waals surface area contributed by atoms with Crippen molar-refractivity contribution in [3.63, 3.8) is 0 Å². The van der Waals surface area contributed by atoms with Crippen LogP contribution in [0.25, 0.3) is 22.2 Å². The Balaban J connectivity index is 1.73. The van der Waals surface area contributed by atoms with Crippen LogP contribution in [0.3, 0.4) is 0 Å². The highest BCUT2D eigenvalue weighted by molar-refractivity contribution is 6.07. The van der Waals surface area contributed by atoms with Gasteiger partial charge in [-0.05, 0) is 48.9 Å². The van der Waals surface area contributed by atoms with Gasteiger partial charge in [-0.25, -0.2) is 4.98 Å². The molecular formula is C26H25N3O3. The van der Waals surface area contributed by atoms with Crippen molar-refractivity contribution in [2.24, 2.45) is 0 Å². The fraction of sp³-hybridized carbons (Fsp3) is 0.192. The minimum atomic E-state index is -0.0500. The van der Waals surface area contributed by atoms with E-state index in [1.54, 1.807) is 26.6 Å². The third kappa shape index (κ3) is 4.25. The summed E-state index contributed by atoms with van der Waals surface area (Å²) in [7, 11) is 3.21. The summed E-state index contributed by atoms with van der Waals surface area (Å²) in [6, 6.07) is 19.1. The quantitative estimate of drug-likeness (QED) is 0.416. The number of fused-ring (bicyclic) bond motifs is 1. The topological polar surface area (TPSA) is 64.6 Å². The molecule has 0 atom stereocenters. The molecule has 0 bridgehead atoms. The van der Waals surface area contributed by atoms with Crippen LogP contribution in [-0.2, 0) is 6.54 Å². The Labute approximate surface area is 187 Å². The standard InChI is InChI=1S/C26H25N3O3/c1-4-29(17-18-11-12-24(31-2)25(14-18)32-3)26(30)21-15-23(19-8-7-13-27-16-19)28-22-10-6-5-9-20(21)22/h5-16H,4,17H2,1-3H3. The molecule has 0 N–H and O–H groups in total. The molecule has 0 fully saturated rings. The average Bonchev–Trinajstić information content (AvgIpc) is 2.86. The Bertz CT molecular complexity index is 1240. The van der Waals surface area contributed by atoms with E-state index in [1.807, 2.05) is 72.5 Å². The number of carbonyl (C=O) groups excluding carboxylic acids is 1. The number of hydrogen-bond acceptors (Lipinski definition) is 5. The Morgan fingerprint density at radius 2 is 1.78 bits per heavy atom. The number of ether oxygens (including phenoxy) is 2. The fourth-order valence-electron chi connectivity index (χ4n) is 3.71. The zero-order valence-corrected chi connectivity index (χ0v) is 18.4. The van der Waals surface area contributed by atoms with E-state index in [0.717, 1.165) is 27.7 Å². The van der Waals surface area contributed by atoms with Gasteiger partial charge in [0, 0.05) is 36.4 Å². The average molecular weight is 428 g/mol. The van der Waals surface area contributed by atoms with Gasteiger partial charge in [0.1, 0.15) is 0 Å². The molecule has 0 aliphatic carbocycles. The van der Waals surface area contributed by atoms with Gasteiger partial charge in [-0.2, -0.15) is 0 Å². The zero-order valence-electron chi connectivity index (χ0n) is 18.4. The van der Waals surface area contributed by atoms with Crippen LogP contribution >= 0.6 is 0 Å². The first-order valence-corrected chi connectivity index (χ1v) is 10.4. The maximum Gasteiger partial charge on any atom is 0.254 e. The Kier molecular flexibility index (Phi) is 6.31. The monoisotopic (exact) mass is 427 g/mol. The molecule has 0 saturated carbocycles. The molecule has 162 valence electrons. The summed E-state index contributed by atoms with van der Waals surface area (Å²) in [5.74, 6) is 1.25. The van der Waals surface area contributed by atoms with E-state index in [1.165, 1.54) is 0 Å². The number of pyridine rings is 2. The number of hydrogen-bond donors (Lipinski definition) is 0. The maximum absolute atomic E-state index is 13.7. The molecule has 6 nitrogen and oxygen atoms in total. The van der Waals surface area contributed by atoms with Crippen LogP contribution < -0.4 is 9.47 Å². The number of benzene rings is 2. The summed E-state index contributed by atoms with van der Waals surface area (Å²) in [5, 5.41) is 0.830. The van der Waals surface area contributed by atoms with E-state index in [9.17, 15) is 4.79 Å². The third-order valence-electron chi connectivity index (χ3n) is 5.39. The van der Waals surface area contributed by atoms with Gasteiger partial charge in [0.05, 0.1) is 31.0 Å². The van der Waals surface area contributed by atoms with Crippen LogP contribution in [0.15, 0.2) is 73.1 Å². The lowest BCUT2D eigenvalue weighted by Crippen LogP contribution is -2.30. The van der Waals surface area contributed by atoms with E-state index in [2.05, 4.69) is 4.98 Å². The lowest BCUT2D eigenvalue weighted by molar-refractivity contribution is 0.0754. The van der Waals surface area contributed by atoms with E-state index in [0.29, 0.717) is 30.2 Å². The van der Waals surface area contributed by atoms with Gasteiger partial charge in [0.15, 0.2) is 11.5 Å². The summed E-state index contributed by atoms with van der Waals surface area (Å²) < 4.78 is 10.7. The van der Waals surface area contributed by atoms with Crippen LogP contribution in [0.2, 0.25) is 0 Å². The smallest absolute Gasteiger partial charge is 0.254 e. The number of rotatable bonds is 7. The summed E-state index contributed by atoms with van der Waals surface area (Å²) in [5.41, 5.74) is 3.96. The molecule has 0 saturated heterocycles. The second kappa shape index (κ2) is 9.47. The van der Waals surface area contributed by atoms with Crippen molar-refractivity contribution in [3.8, 4) is 22.8 Å². The van der Waals surface area contributed by atoms with E-state index < -0.39 is 0 Å². The number of amides is 1. The lowest BCUT2D eigenvalue weighted by Gasteiger charge is -2.23. The van der Waals surface area contributed by atoms with Gasteiger partial charge in [-0.15, -0.1) is 0 Å². The van der Waals surface area contributed by atoms with Gasteiger partial charge in [0.2, 0.25) is 0 Å². The van der Waals surface area contributed by atoms with Crippen molar-refractivity contribution in [1.82, 2.24) is 14.9 Å². The highest BCUT2D eigenvalue weighted by atomic mass is 16.5. The Hall–Kier alpha value is -3.93.